The Hall–Kier alpha value is -2.24. The number of ether oxygens (including phenoxy) is 1. The molecule has 5 nitrogen and oxygen atoms in total. The summed E-state index contributed by atoms with van der Waals surface area (Å²) in [7, 11) is 0. The Bertz CT molecular complexity index is 726. The van der Waals surface area contributed by atoms with E-state index in [1.807, 2.05) is 12.1 Å². The number of hydrogen-bond donors (Lipinski definition) is 2. The Balaban J connectivity index is 1.41. The number of anilines is 1. The first kappa shape index (κ1) is 19.5. The van der Waals surface area contributed by atoms with Crippen molar-refractivity contribution in [3.63, 3.8) is 0 Å². The normalized spacial score (nSPS) is 14.8. The zero-order chi connectivity index (χ0) is 19.1. The number of aliphatic hydroxyl groups is 1. The SMILES string of the molecule is O=C(COc1ccc(Cl)cc1)NCc1ccc(N2CCC(CO)CC2)cc1. The average molecular weight is 389 g/mol. The van der Waals surface area contributed by atoms with Crippen molar-refractivity contribution in [2.24, 2.45) is 5.92 Å². The van der Waals surface area contributed by atoms with Crippen molar-refractivity contribution in [3.05, 3.63) is 59.1 Å². The number of nitrogens with zero attached hydrogens (tertiary/aromatic N) is 1. The molecular weight excluding hydrogens is 364 g/mol. The largest absolute Gasteiger partial charge is 0.484 e. The third kappa shape index (κ3) is 5.88. The first-order valence-electron chi connectivity index (χ1n) is 9.24. The van der Waals surface area contributed by atoms with E-state index in [-0.39, 0.29) is 19.1 Å². The summed E-state index contributed by atoms with van der Waals surface area (Å²) in [5.74, 6) is 0.884. The summed E-state index contributed by atoms with van der Waals surface area (Å²) in [4.78, 5) is 14.3. The van der Waals surface area contributed by atoms with E-state index in [1.165, 1.54) is 5.69 Å². The minimum Gasteiger partial charge on any atom is -0.484 e. The number of rotatable bonds is 7. The molecule has 2 aromatic carbocycles. The summed E-state index contributed by atoms with van der Waals surface area (Å²) in [6, 6.07) is 15.2. The van der Waals surface area contributed by atoms with E-state index in [2.05, 4.69) is 22.3 Å². The quantitative estimate of drug-likeness (QED) is 0.764. The Morgan fingerprint density at radius 3 is 2.41 bits per heavy atom. The molecule has 1 fully saturated rings. The van der Waals surface area contributed by atoms with Crippen LogP contribution in [0.15, 0.2) is 48.5 Å². The number of carbonyl (C=O) groups excluding carboxylic acids is 1. The van der Waals surface area contributed by atoms with Gasteiger partial charge in [0.1, 0.15) is 5.75 Å². The molecule has 1 amide bonds. The van der Waals surface area contributed by atoms with E-state index in [1.54, 1.807) is 24.3 Å². The number of hydrogen-bond acceptors (Lipinski definition) is 4. The molecule has 6 heteroatoms. The maximum atomic E-state index is 11.9. The number of amides is 1. The molecule has 1 heterocycles. The lowest BCUT2D eigenvalue weighted by Crippen LogP contribution is -2.34. The first-order valence-corrected chi connectivity index (χ1v) is 9.61. The van der Waals surface area contributed by atoms with Crippen molar-refractivity contribution in [1.82, 2.24) is 5.32 Å². The van der Waals surface area contributed by atoms with Gasteiger partial charge in [-0.1, -0.05) is 23.7 Å². The molecule has 1 aliphatic heterocycles. The van der Waals surface area contributed by atoms with Gasteiger partial charge in [0.25, 0.3) is 5.91 Å². The molecule has 2 N–H and O–H groups in total. The van der Waals surface area contributed by atoms with Crippen LogP contribution >= 0.6 is 11.6 Å². The van der Waals surface area contributed by atoms with Crippen molar-refractivity contribution >= 4 is 23.2 Å². The highest BCUT2D eigenvalue weighted by molar-refractivity contribution is 6.30. The molecule has 0 unspecified atom stereocenters. The molecule has 0 bridgehead atoms. The fourth-order valence-electron chi connectivity index (χ4n) is 3.13. The molecule has 0 saturated carbocycles. The van der Waals surface area contributed by atoms with Crippen LogP contribution in [-0.2, 0) is 11.3 Å². The second-order valence-electron chi connectivity index (χ2n) is 6.80. The number of carbonyl (C=O) groups is 1. The Kier molecular flexibility index (Phi) is 6.96. The first-order chi connectivity index (χ1) is 13.1. The number of aliphatic hydroxyl groups excluding tert-OH is 1. The predicted molar refractivity (Wildman–Crippen MR) is 107 cm³/mol. The van der Waals surface area contributed by atoms with Crippen LogP contribution < -0.4 is 15.0 Å². The summed E-state index contributed by atoms with van der Waals surface area (Å²) in [5, 5.41) is 12.7. The van der Waals surface area contributed by atoms with Crippen LogP contribution in [0.25, 0.3) is 0 Å². The molecule has 144 valence electrons. The summed E-state index contributed by atoms with van der Waals surface area (Å²) < 4.78 is 5.43. The molecule has 1 aliphatic rings. The van der Waals surface area contributed by atoms with Crippen LogP contribution in [0, 0.1) is 5.92 Å². The third-order valence-corrected chi connectivity index (χ3v) is 5.10. The van der Waals surface area contributed by atoms with Gasteiger partial charge in [0, 0.05) is 37.0 Å². The lowest BCUT2D eigenvalue weighted by atomic mass is 9.97. The van der Waals surface area contributed by atoms with E-state index in [4.69, 9.17) is 16.3 Å². The number of benzene rings is 2. The number of piperidine rings is 1. The van der Waals surface area contributed by atoms with Crippen molar-refractivity contribution in [1.29, 1.82) is 0 Å². The predicted octanol–water partition coefficient (Wildman–Crippen LogP) is 3.24. The molecule has 0 spiro atoms. The topological polar surface area (TPSA) is 61.8 Å². The van der Waals surface area contributed by atoms with Crippen LogP contribution in [0.4, 0.5) is 5.69 Å². The molecule has 2 aromatic rings. The fourth-order valence-corrected chi connectivity index (χ4v) is 3.26. The maximum absolute atomic E-state index is 11.9. The molecule has 1 saturated heterocycles. The van der Waals surface area contributed by atoms with Gasteiger partial charge in [0.2, 0.25) is 0 Å². The van der Waals surface area contributed by atoms with Gasteiger partial charge in [-0.3, -0.25) is 4.79 Å². The molecule has 0 aromatic heterocycles. The highest BCUT2D eigenvalue weighted by Gasteiger charge is 2.18. The minimum atomic E-state index is -0.167. The van der Waals surface area contributed by atoms with E-state index in [0.29, 0.717) is 23.2 Å². The van der Waals surface area contributed by atoms with Gasteiger partial charge in [-0.25, -0.2) is 0 Å². The van der Waals surface area contributed by atoms with Crippen molar-refractivity contribution < 1.29 is 14.6 Å². The highest BCUT2D eigenvalue weighted by Crippen LogP contribution is 2.23. The molecule has 3 rings (SSSR count). The molecule has 27 heavy (non-hydrogen) atoms. The van der Waals surface area contributed by atoms with Gasteiger partial charge >= 0.3 is 0 Å². The number of halogens is 1. The summed E-state index contributed by atoms with van der Waals surface area (Å²) >= 11 is 5.82. The molecular formula is C21H25ClN2O3. The van der Waals surface area contributed by atoms with Gasteiger partial charge in [-0.05, 0) is 60.7 Å². The Morgan fingerprint density at radius 2 is 1.78 bits per heavy atom. The fraction of sp³-hybridized carbons (Fsp3) is 0.381. The van der Waals surface area contributed by atoms with Crippen molar-refractivity contribution in [2.45, 2.75) is 19.4 Å². The lowest BCUT2D eigenvalue weighted by Gasteiger charge is -2.33. The summed E-state index contributed by atoms with van der Waals surface area (Å²) in [6.45, 7) is 2.68. The van der Waals surface area contributed by atoms with E-state index in [0.717, 1.165) is 31.5 Å². The highest BCUT2D eigenvalue weighted by atomic mass is 35.5. The van der Waals surface area contributed by atoms with Gasteiger partial charge in [-0.15, -0.1) is 0 Å². The Morgan fingerprint density at radius 1 is 1.11 bits per heavy atom. The number of nitrogens with one attached hydrogen (secondary N) is 1. The van der Waals surface area contributed by atoms with E-state index in [9.17, 15) is 9.90 Å². The van der Waals surface area contributed by atoms with Gasteiger partial charge in [0.15, 0.2) is 6.61 Å². The standard InChI is InChI=1S/C21H25ClN2O3/c22-18-3-7-20(8-4-18)27-15-21(26)23-13-16-1-5-19(6-2-16)24-11-9-17(14-25)10-12-24/h1-8,17,25H,9-15H2,(H,23,26). The average Bonchev–Trinajstić information content (AvgIpc) is 2.72. The van der Waals surface area contributed by atoms with Crippen LogP contribution in [0.5, 0.6) is 5.75 Å². The zero-order valence-electron chi connectivity index (χ0n) is 15.2. The molecule has 0 aliphatic carbocycles. The summed E-state index contributed by atoms with van der Waals surface area (Å²) in [6.07, 6.45) is 2.06. The van der Waals surface area contributed by atoms with E-state index >= 15 is 0 Å². The second-order valence-corrected chi connectivity index (χ2v) is 7.24. The van der Waals surface area contributed by atoms with Crippen LogP contribution in [0.2, 0.25) is 5.02 Å². The van der Waals surface area contributed by atoms with Crippen LogP contribution in [-0.4, -0.2) is 37.3 Å². The zero-order valence-corrected chi connectivity index (χ0v) is 16.0. The smallest absolute Gasteiger partial charge is 0.258 e. The Labute approximate surface area is 164 Å². The minimum absolute atomic E-state index is 0.0283. The lowest BCUT2D eigenvalue weighted by molar-refractivity contribution is -0.123. The van der Waals surface area contributed by atoms with E-state index < -0.39 is 0 Å². The summed E-state index contributed by atoms with van der Waals surface area (Å²) in [5.41, 5.74) is 2.23. The molecule has 0 radical (unpaired) electrons. The third-order valence-electron chi connectivity index (χ3n) is 4.85. The van der Waals surface area contributed by atoms with Gasteiger partial charge < -0.3 is 20.1 Å². The van der Waals surface area contributed by atoms with Crippen molar-refractivity contribution in [2.75, 3.05) is 31.2 Å². The monoisotopic (exact) mass is 388 g/mol. The van der Waals surface area contributed by atoms with Crippen molar-refractivity contribution in [3.8, 4) is 5.75 Å². The van der Waals surface area contributed by atoms with Gasteiger partial charge in [-0.2, -0.15) is 0 Å². The van der Waals surface area contributed by atoms with Crippen LogP contribution in [0.1, 0.15) is 18.4 Å². The second kappa shape index (κ2) is 9.62. The van der Waals surface area contributed by atoms with Crippen LogP contribution in [0.3, 0.4) is 0 Å². The maximum Gasteiger partial charge on any atom is 0.258 e. The van der Waals surface area contributed by atoms with Gasteiger partial charge in [0.05, 0.1) is 0 Å². The molecule has 0 atom stereocenters.